The molecule has 0 bridgehead atoms. The molecule has 16 heavy (non-hydrogen) atoms. The first-order valence-electron chi connectivity index (χ1n) is 5.44. The summed E-state index contributed by atoms with van der Waals surface area (Å²) >= 11 is 5.63. The van der Waals surface area contributed by atoms with Gasteiger partial charge in [-0.2, -0.15) is 0 Å². The van der Waals surface area contributed by atoms with Gasteiger partial charge >= 0.3 is 0 Å². The molecule has 1 unspecified atom stereocenters. The van der Waals surface area contributed by atoms with Crippen molar-refractivity contribution in [1.82, 2.24) is 10.2 Å². The maximum atomic E-state index is 11.7. The van der Waals surface area contributed by atoms with E-state index in [4.69, 9.17) is 11.6 Å². The molecule has 0 spiro atoms. The second-order valence-electron chi connectivity index (χ2n) is 3.85. The van der Waals surface area contributed by atoms with Gasteiger partial charge < -0.3 is 10.2 Å². The number of halogens is 1. The maximum Gasteiger partial charge on any atom is 0.238 e. The first kappa shape index (κ1) is 11.4. The van der Waals surface area contributed by atoms with E-state index < -0.39 is 0 Å². The minimum absolute atomic E-state index is 0.0111. The van der Waals surface area contributed by atoms with Gasteiger partial charge in [0.1, 0.15) is 5.88 Å². The number of benzene rings is 1. The molecule has 1 N–H and O–H groups in total. The maximum absolute atomic E-state index is 11.7. The van der Waals surface area contributed by atoms with E-state index in [0.717, 1.165) is 25.2 Å². The Morgan fingerprint density at radius 2 is 2.19 bits per heavy atom. The second-order valence-corrected chi connectivity index (χ2v) is 4.12. The average Bonchev–Trinajstić information content (AvgIpc) is 2.39. The van der Waals surface area contributed by atoms with E-state index in [1.165, 1.54) is 0 Å². The van der Waals surface area contributed by atoms with Crippen LogP contribution in [0, 0.1) is 0 Å². The Morgan fingerprint density at radius 3 is 2.88 bits per heavy atom. The highest BCUT2D eigenvalue weighted by atomic mass is 35.5. The summed E-state index contributed by atoms with van der Waals surface area (Å²) in [4.78, 5) is 13.6. The number of hydrogen-bond donors (Lipinski definition) is 1. The number of nitrogens with one attached hydrogen (secondary N) is 1. The van der Waals surface area contributed by atoms with Crippen molar-refractivity contribution in [2.24, 2.45) is 0 Å². The van der Waals surface area contributed by atoms with Gasteiger partial charge in [0.2, 0.25) is 5.91 Å². The Kier molecular flexibility index (Phi) is 3.80. The van der Waals surface area contributed by atoms with Crippen molar-refractivity contribution >= 4 is 17.5 Å². The SMILES string of the molecule is O=C(CCl)N1CCNCC1c1ccccc1. The fraction of sp³-hybridized carbons (Fsp3) is 0.417. The predicted molar refractivity (Wildman–Crippen MR) is 64.5 cm³/mol. The summed E-state index contributed by atoms with van der Waals surface area (Å²) in [6.45, 7) is 2.36. The molecule has 1 saturated heterocycles. The molecule has 0 aromatic heterocycles. The standard InChI is InChI=1S/C12H15ClN2O/c13-8-12(16)15-7-6-14-9-11(15)10-4-2-1-3-5-10/h1-5,11,14H,6-9H2. The first-order chi connectivity index (χ1) is 7.83. The zero-order valence-electron chi connectivity index (χ0n) is 9.03. The lowest BCUT2D eigenvalue weighted by Crippen LogP contribution is -2.49. The van der Waals surface area contributed by atoms with Gasteiger partial charge in [-0.1, -0.05) is 30.3 Å². The molecule has 0 radical (unpaired) electrons. The highest BCUT2D eigenvalue weighted by Crippen LogP contribution is 2.22. The summed E-state index contributed by atoms with van der Waals surface area (Å²) in [5, 5.41) is 3.31. The lowest BCUT2D eigenvalue weighted by atomic mass is 10.0. The number of piperazine rings is 1. The van der Waals surface area contributed by atoms with E-state index in [1.807, 2.05) is 35.2 Å². The molecule has 1 amide bonds. The summed E-state index contributed by atoms with van der Waals surface area (Å²) in [6, 6.07) is 10.2. The largest absolute Gasteiger partial charge is 0.332 e. The van der Waals surface area contributed by atoms with Crippen molar-refractivity contribution in [1.29, 1.82) is 0 Å². The summed E-state index contributed by atoms with van der Waals surface area (Å²) < 4.78 is 0. The Hall–Kier alpha value is -1.06. The van der Waals surface area contributed by atoms with Crippen molar-refractivity contribution in [2.45, 2.75) is 6.04 Å². The van der Waals surface area contributed by atoms with Crippen LogP contribution >= 0.6 is 11.6 Å². The minimum Gasteiger partial charge on any atom is -0.332 e. The molecule has 4 heteroatoms. The van der Waals surface area contributed by atoms with Crippen molar-refractivity contribution in [2.75, 3.05) is 25.5 Å². The van der Waals surface area contributed by atoms with E-state index >= 15 is 0 Å². The van der Waals surface area contributed by atoms with Gasteiger partial charge in [0.25, 0.3) is 0 Å². The fourth-order valence-corrected chi connectivity index (χ4v) is 2.21. The molecule has 1 aliphatic heterocycles. The molecule has 1 heterocycles. The molecule has 2 rings (SSSR count). The molecule has 1 atom stereocenters. The van der Waals surface area contributed by atoms with Crippen molar-refractivity contribution in [3.05, 3.63) is 35.9 Å². The van der Waals surface area contributed by atoms with Crippen LogP contribution in [0.4, 0.5) is 0 Å². The smallest absolute Gasteiger partial charge is 0.238 e. The lowest BCUT2D eigenvalue weighted by Gasteiger charge is -2.36. The Balaban J connectivity index is 2.20. The molecule has 1 aliphatic rings. The lowest BCUT2D eigenvalue weighted by molar-refractivity contribution is -0.131. The van der Waals surface area contributed by atoms with Gasteiger partial charge in [-0.05, 0) is 5.56 Å². The van der Waals surface area contributed by atoms with Crippen LogP contribution in [0.3, 0.4) is 0 Å². The van der Waals surface area contributed by atoms with Gasteiger partial charge in [0.15, 0.2) is 0 Å². The minimum atomic E-state index is 0.0111. The Bertz CT molecular complexity index is 355. The van der Waals surface area contributed by atoms with Crippen molar-refractivity contribution < 1.29 is 4.79 Å². The second kappa shape index (κ2) is 5.32. The zero-order valence-corrected chi connectivity index (χ0v) is 9.78. The van der Waals surface area contributed by atoms with Crippen LogP contribution in [0.15, 0.2) is 30.3 Å². The van der Waals surface area contributed by atoms with Crippen LogP contribution in [-0.4, -0.2) is 36.3 Å². The fourth-order valence-electron chi connectivity index (χ4n) is 2.05. The van der Waals surface area contributed by atoms with E-state index in [1.54, 1.807) is 0 Å². The third kappa shape index (κ3) is 2.36. The number of nitrogens with zero attached hydrogens (tertiary/aromatic N) is 1. The Morgan fingerprint density at radius 1 is 1.44 bits per heavy atom. The quantitative estimate of drug-likeness (QED) is 0.790. The van der Waals surface area contributed by atoms with Gasteiger partial charge in [-0.3, -0.25) is 4.79 Å². The van der Waals surface area contributed by atoms with Gasteiger partial charge in [0.05, 0.1) is 6.04 Å². The molecule has 1 aromatic rings. The van der Waals surface area contributed by atoms with E-state index in [9.17, 15) is 4.79 Å². The highest BCUT2D eigenvalue weighted by molar-refractivity contribution is 6.27. The van der Waals surface area contributed by atoms with Gasteiger partial charge in [0, 0.05) is 19.6 Å². The number of amides is 1. The number of carbonyl (C=O) groups is 1. The zero-order chi connectivity index (χ0) is 11.4. The number of rotatable bonds is 2. The molecule has 1 fully saturated rings. The van der Waals surface area contributed by atoms with Crippen LogP contribution in [0.5, 0.6) is 0 Å². The van der Waals surface area contributed by atoms with Crippen LogP contribution in [0.2, 0.25) is 0 Å². The Labute approximate surface area is 100 Å². The van der Waals surface area contributed by atoms with Crippen LogP contribution in [-0.2, 0) is 4.79 Å². The molecular formula is C12H15ClN2O. The highest BCUT2D eigenvalue weighted by Gasteiger charge is 2.26. The summed E-state index contributed by atoms with van der Waals surface area (Å²) in [5.74, 6) is 0.0700. The first-order valence-corrected chi connectivity index (χ1v) is 5.97. The monoisotopic (exact) mass is 238 g/mol. The van der Waals surface area contributed by atoms with Crippen molar-refractivity contribution in [3.63, 3.8) is 0 Å². The number of hydrogen-bond acceptors (Lipinski definition) is 2. The number of alkyl halides is 1. The van der Waals surface area contributed by atoms with E-state index in [0.29, 0.717) is 0 Å². The van der Waals surface area contributed by atoms with E-state index in [-0.39, 0.29) is 17.8 Å². The third-order valence-corrected chi connectivity index (χ3v) is 3.09. The normalized spacial score (nSPS) is 20.8. The van der Waals surface area contributed by atoms with Crippen LogP contribution in [0.25, 0.3) is 0 Å². The predicted octanol–water partition coefficient (Wildman–Crippen LogP) is 1.40. The molecule has 86 valence electrons. The summed E-state index contributed by atoms with van der Waals surface area (Å²) in [5.41, 5.74) is 1.16. The van der Waals surface area contributed by atoms with Crippen molar-refractivity contribution in [3.8, 4) is 0 Å². The average molecular weight is 239 g/mol. The number of carbonyl (C=O) groups excluding carboxylic acids is 1. The summed E-state index contributed by atoms with van der Waals surface area (Å²) in [6.07, 6.45) is 0. The third-order valence-electron chi connectivity index (χ3n) is 2.86. The molecule has 0 aliphatic carbocycles. The molecule has 0 saturated carbocycles. The summed E-state index contributed by atoms with van der Waals surface area (Å²) in [7, 11) is 0. The topological polar surface area (TPSA) is 32.3 Å². The van der Waals surface area contributed by atoms with Crippen LogP contribution in [0.1, 0.15) is 11.6 Å². The van der Waals surface area contributed by atoms with Gasteiger partial charge in [-0.25, -0.2) is 0 Å². The molecule has 3 nitrogen and oxygen atoms in total. The van der Waals surface area contributed by atoms with E-state index in [2.05, 4.69) is 5.32 Å². The van der Waals surface area contributed by atoms with Crippen LogP contribution < -0.4 is 5.32 Å². The van der Waals surface area contributed by atoms with Gasteiger partial charge in [-0.15, -0.1) is 11.6 Å². The molecular weight excluding hydrogens is 224 g/mol. The molecule has 1 aromatic carbocycles.